The number of carbonyl (C=O) groups excluding carboxylic acids is 2. The van der Waals surface area contributed by atoms with Crippen molar-refractivity contribution < 1.29 is 14.3 Å². The molecule has 17 heavy (non-hydrogen) atoms. The average molecular weight is 232 g/mol. The van der Waals surface area contributed by atoms with Crippen LogP contribution >= 0.6 is 0 Å². The van der Waals surface area contributed by atoms with Gasteiger partial charge in [0.2, 0.25) is 0 Å². The zero-order chi connectivity index (χ0) is 12.6. The van der Waals surface area contributed by atoms with E-state index in [1.807, 2.05) is 39.0 Å². The minimum atomic E-state index is -0.629. The van der Waals surface area contributed by atoms with E-state index >= 15 is 0 Å². The van der Waals surface area contributed by atoms with Crippen molar-refractivity contribution in [1.29, 1.82) is 0 Å². The Balaban J connectivity index is 2.33. The van der Waals surface area contributed by atoms with E-state index < -0.39 is 5.92 Å². The Kier molecular flexibility index (Phi) is 3.01. The van der Waals surface area contributed by atoms with Gasteiger partial charge in [0.25, 0.3) is 0 Å². The zero-order valence-electron chi connectivity index (χ0n) is 10.3. The predicted molar refractivity (Wildman–Crippen MR) is 63.9 cm³/mol. The molecule has 1 aromatic rings. The highest BCUT2D eigenvalue weighted by Gasteiger charge is 2.39. The average Bonchev–Trinajstić information content (AvgIpc) is 2.56. The second-order valence-corrected chi connectivity index (χ2v) is 4.83. The Labute approximate surface area is 101 Å². The number of cyclic esters (lactones) is 1. The normalized spacial score (nSPS) is 23.6. The molecule has 0 N–H and O–H groups in total. The minimum Gasteiger partial charge on any atom is -0.465 e. The van der Waals surface area contributed by atoms with Crippen molar-refractivity contribution >= 4 is 11.8 Å². The number of hydrogen-bond donors (Lipinski definition) is 0. The summed E-state index contributed by atoms with van der Waals surface area (Å²) in [4.78, 5) is 23.8. The topological polar surface area (TPSA) is 43.4 Å². The van der Waals surface area contributed by atoms with Gasteiger partial charge in [-0.3, -0.25) is 9.59 Å². The van der Waals surface area contributed by atoms with Gasteiger partial charge in [-0.15, -0.1) is 0 Å². The second-order valence-electron chi connectivity index (χ2n) is 4.83. The summed E-state index contributed by atoms with van der Waals surface area (Å²) < 4.78 is 4.92. The molecule has 2 rings (SSSR count). The lowest BCUT2D eigenvalue weighted by atomic mass is 9.88. The van der Waals surface area contributed by atoms with Crippen LogP contribution in [0.1, 0.15) is 28.4 Å². The van der Waals surface area contributed by atoms with Crippen molar-refractivity contribution in [2.75, 3.05) is 6.61 Å². The van der Waals surface area contributed by atoms with E-state index in [9.17, 15) is 9.59 Å². The molecule has 1 heterocycles. The van der Waals surface area contributed by atoms with Gasteiger partial charge in [-0.25, -0.2) is 0 Å². The lowest BCUT2D eigenvalue weighted by Crippen LogP contribution is -2.24. The zero-order valence-corrected chi connectivity index (χ0v) is 10.3. The van der Waals surface area contributed by atoms with Crippen LogP contribution in [0.15, 0.2) is 18.2 Å². The number of Topliss-reactive ketones (excluding diaryl/α,β-unsaturated/α-hetero) is 1. The molecule has 2 atom stereocenters. The number of ketones is 1. The largest absolute Gasteiger partial charge is 0.465 e. The molecule has 1 fully saturated rings. The first-order valence-corrected chi connectivity index (χ1v) is 5.78. The van der Waals surface area contributed by atoms with Gasteiger partial charge >= 0.3 is 5.97 Å². The minimum absolute atomic E-state index is 0.0316. The Morgan fingerprint density at radius 2 is 1.82 bits per heavy atom. The van der Waals surface area contributed by atoms with Gasteiger partial charge in [0.15, 0.2) is 5.78 Å². The quantitative estimate of drug-likeness (QED) is 0.446. The lowest BCUT2D eigenvalue weighted by Gasteiger charge is -2.10. The highest BCUT2D eigenvalue weighted by atomic mass is 16.5. The molecule has 90 valence electrons. The van der Waals surface area contributed by atoms with Gasteiger partial charge < -0.3 is 4.74 Å². The molecule has 0 radical (unpaired) electrons. The Morgan fingerprint density at radius 1 is 1.24 bits per heavy atom. The maximum absolute atomic E-state index is 12.3. The lowest BCUT2D eigenvalue weighted by molar-refractivity contribution is -0.140. The molecule has 0 bridgehead atoms. The van der Waals surface area contributed by atoms with Gasteiger partial charge in [0.1, 0.15) is 5.92 Å². The fraction of sp³-hybridized carbons (Fsp3) is 0.429. The summed E-state index contributed by atoms with van der Waals surface area (Å²) in [5.74, 6) is -1.17. The van der Waals surface area contributed by atoms with Gasteiger partial charge in [-0.2, -0.15) is 0 Å². The SMILES string of the molecule is Cc1cc(C)cc(C(=O)C2C(=O)OC[C@H]2C)c1. The van der Waals surface area contributed by atoms with Crippen LogP contribution in [-0.4, -0.2) is 18.4 Å². The molecule has 0 aliphatic carbocycles. The fourth-order valence-corrected chi connectivity index (χ4v) is 2.29. The third kappa shape index (κ3) is 2.23. The van der Waals surface area contributed by atoms with Gasteiger partial charge in [-0.1, -0.05) is 24.1 Å². The van der Waals surface area contributed by atoms with Gasteiger partial charge in [-0.05, 0) is 26.0 Å². The molecule has 1 aliphatic heterocycles. The van der Waals surface area contributed by atoms with E-state index in [4.69, 9.17) is 4.74 Å². The summed E-state index contributed by atoms with van der Waals surface area (Å²) in [7, 11) is 0. The predicted octanol–water partition coefficient (Wildman–Crippen LogP) is 2.30. The third-order valence-corrected chi connectivity index (χ3v) is 3.10. The van der Waals surface area contributed by atoms with Crippen LogP contribution in [-0.2, 0) is 9.53 Å². The molecule has 0 aromatic heterocycles. The Bertz CT molecular complexity index is 456. The van der Waals surface area contributed by atoms with E-state index in [1.54, 1.807) is 0 Å². The maximum atomic E-state index is 12.3. The van der Waals surface area contributed by atoms with Gasteiger partial charge in [0.05, 0.1) is 6.61 Å². The summed E-state index contributed by atoms with van der Waals surface area (Å²) in [6.45, 7) is 6.11. The highest BCUT2D eigenvalue weighted by Crippen LogP contribution is 2.26. The Hall–Kier alpha value is -1.64. The van der Waals surface area contributed by atoms with E-state index in [0.717, 1.165) is 11.1 Å². The van der Waals surface area contributed by atoms with Crippen molar-refractivity contribution in [2.24, 2.45) is 11.8 Å². The van der Waals surface area contributed by atoms with Crippen molar-refractivity contribution in [2.45, 2.75) is 20.8 Å². The van der Waals surface area contributed by atoms with Crippen LogP contribution in [0.2, 0.25) is 0 Å². The second kappa shape index (κ2) is 4.32. The number of hydrogen-bond acceptors (Lipinski definition) is 3. The Morgan fingerprint density at radius 3 is 2.29 bits per heavy atom. The summed E-state index contributed by atoms with van der Waals surface area (Å²) in [6, 6.07) is 5.66. The van der Waals surface area contributed by atoms with Crippen LogP contribution in [0.5, 0.6) is 0 Å². The standard InChI is InChI=1S/C14H16O3/c1-8-4-9(2)6-11(5-8)13(15)12-10(3)7-17-14(12)16/h4-6,10,12H,7H2,1-3H3/t10-,12?/m1/s1. The molecule has 1 unspecified atom stereocenters. The van der Waals surface area contributed by atoms with E-state index in [2.05, 4.69) is 0 Å². The summed E-state index contributed by atoms with van der Waals surface area (Å²) in [5, 5.41) is 0. The maximum Gasteiger partial charge on any atom is 0.317 e. The molecule has 0 saturated carbocycles. The number of aryl methyl sites for hydroxylation is 2. The van der Waals surface area contributed by atoms with Crippen LogP contribution in [0.25, 0.3) is 0 Å². The first-order chi connectivity index (χ1) is 7.99. The van der Waals surface area contributed by atoms with Gasteiger partial charge in [0, 0.05) is 11.5 Å². The number of rotatable bonds is 2. The monoisotopic (exact) mass is 232 g/mol. The van der Waals surface area contributed by atoms with E-state index in [0.29, 0.717) is 12.2 Å². The van der Waals surface area contributed by atoms with Crippen molar-refractivity contribution in [3.8, 4) is 0 Å². The number of ether oxygens (including phenoxy) is 1. The highest BCUT2D eigenvalue weighted by molar-refractivity contribution is 6.09. The summed E-state index contributed by atoms with van der Waals surface area (Å²) in [6.07, 6.45) is 0. The summed E-state index contributed by atoms with van der Waals surface area (Å²) >= 11 is 0. The summed E-state index contributed by atoms with van der Waals surface area (Å²) in [5.41, 5.74) is 2.68. The van der Waals surface area contributed by atoms with Crippen molar-refractivity contribution in [3.63, 3.8) is 0 Å². The molecule has 3 heteroatoms. The van der Waals surface area contributed by atoms with Crippen LogP contribution < -0.4 is 0 Å². The number of esters is 1. The van der Waals surface area contributed by atoms with Crippen LogP contribution in [0.3, 0.4) is 0 Å². The molecule has 3 nitrogen and oxygen atoms in total. The molecule has 1 aromatic carbocycles. The third-order valence-electron chi connectivity index (χ3n) is 3.10. The van der Waals surface area contributed by atoms with Crippen LogP contribution in [0, 0.1) is 25.7 Å². The molecule has 1 saturated heterocycles. The number of carbonyl (C=O) groups is 2. The van der Waals surface area contributed by atoms with Crippen molar-refractivity contribution in [3.05, 3.63) is 34.9 Å². The van der Waals surface area contributed by atoms with E-state index in [1.165, 1.54) is 0 Å². The molecular formula is C14H16O3. The molecule has 0 spiro atoms. The van der Waals surface area contributed by atoms with Crippen molar-refractivity contribution in [1.82, 2.24) is 0 Å². The molecule has 0 amide bonds. The smallest absolute Gasteiger partial charge is 0.317 e. The van der Waals surface area contributed by atoms with E-state index in [-0.39, 0.29) is 17.7 Å². The molecule has 1 aliphatic rings. The fourth-order valence-electron chi connectivity index (χ4n) is 2.29. The first kappa shape index (κ1) is 11.8. The number of benzene rings is 1. The molecular weight excluding hydrogens is 216 g/mol. The van der Waals surface area contributed by atoms with Crippen LogP contribution in [0.4, 0.5) is 0 Å². The first-order valence-electron chi connectivity index (χ1n) is 5.78.